The van der Waals surface area contributed by atoms with Crippen molar-refractivity contribution in [2.45, 2.75) is 26.2 Å². The number of ether oxygens (including phenoxy) is 2. The van der Waals surface area contributed by atoms with Gasteiger partial charge in [0.1, 0.15) is 17.2 Å². The SMILES string of the molecule is COc1ccc(Oc2ccc(C#N)cc2)c(C(C)(C)C)c1. The van der Waals surface area contributed by atoms with Gasteiger partial charge in [0, 0.05) is 5.56 Å². The molecule has 2 aromatic rings. The second-order valence-electron chi connectivity index (χ2n) is 5.85. The molecule has 0 bridgehead atoms. The number of rotatable bonds is 3. The highest BCUT2D eigenvalue weighted by atomic mass is 16.5. The molecule has 3 nitrogen and oxygen atoms in total. The molecule has 0 heterocycles. The molecule has 0 radical (unpaired) electrons. The van der Waals surface area contributed by atoms with Crippen LogP contribution in [0.5, 0.6) is 17.2 Å². The topological polar surface area (TPSA) is 42.2 Å². The molecule has 108 valence electrons. The van der Waals surface area contributed by atoms with E-state index in [1.807, 2.05) is 18.2 Å². The number of hydrogen-bond acceptors (Lipinski definition) is 3. The van der Waals surface area contributed by atoms with Gasteiger partial charge in [0.05, 0.1) is 18.7 Å². The van der Waals surface area contributed by atoms with Crippen LogP contribution < -0.4 is 9.47 Å². The summed E-state index contributed by atoms with van der Waals surface area (Å²) < 4.78 is 11.3. The highest BCUT2D eigenvalue weighted by molar-refractivity contribution is 5.46. The van der Waals surface area contributed by atoms with Gasteiger partial charge in [-0.3, -0.25) is 0 Å². The molecule has 0 aliphatic carbocycles. The fourth-order valence-corrected chi connectivity index (χ4v) is 2.04. The summed E-state index contributed by atoms with van der Waals surface area (Å²) >= 11 is 0. The lowest BCUT2D eigenvalue weighted by atomic mass is 9.86. The Kier molecular flexibility index (Phi) is 4.18. The van der Waals surface area contributed by atoms with Gasteiger partial charge in [-0.2, -0.15) is 5.26 Å². The van der Waals surface area contributed by atoms with E-state index < -0.39 is 0 Å². The highest BCUT2D eigenvalue weighted by Gasteiger charge is 2.20. The smallest absolute Gasteiger partial charge is 0.131 e. The molecule has 0 aliphatic rings. The lowest BCUT2D eigenvalue weighted by molar-refractivity contribution is 0.407. The zero-order valence-corrected chi connectivity index (χ0v) is 12.8. The Balaban J connectivity index is 2.36. The zero-order valence-electron chi connectivity index (χ0n) is 12.8. The molecule has 0 unspecified atom stereocenters. The molecule has 2 aromatic carbocycles. The number of hydrogen-bond donors (Lipinski definition) is 0. The normalized spacial score (nSPS) is 10.8. The Labute approximate surface area is 125 Å². The first kappa shape index (κ1) is 14.9. The Morgan fingerprint density at radius 2 is 1.57 bits per heavy atom. The molecule has 0 amide bonds. The van der Waals surface area contributed by atoms with Crippen molar-refractivity contribution in [3.05, 3.63) is 53.6 Å². The van der Waals surface area contributed by atoms with Gasteiger partial charge < -0.3 is 9.47 Å². The Bertz CT molecular complexity index is 661. The predicted molar refractivity (Wildman–Crippen MR) is 82.9 cm³/mol. The summed E-state index contributed by atoms with van der Waals surface area (Å²) in [7, 11) is 1.66. The van der Waals surface area contributed by atoms with E-state index >= 15 is 0 Å². The molecule has 3 heteroatoms. The van der Waals surface area contributed by atoms with E-state index in [4.69, 9.17) is 14.7 Å². The molecule has 0 aromatic heterocycles. The summed E-state index contributed by atoms with van der Waals surface area (Å²) in [5.74, 6) is 2.32. The summed E-state index contributed by atoms with van der Waals surface area (Å²) in [5.41, 5.74) is 1.63. The Morgan fingerprint density at radius 3 is 2.10 bits per heavy atom. The van der Waals surface area contributed by atoms with Crippen LogP contribution in [0.4, 0.5) is 0 Å². The minimum atomic E-state index is -0.0591. The fraction of sp³-hybridized carbons (Fsp3) is 0.278. The highest BCUT2D eigenvalue weighted by Crippen LogP contribution is 2.36. The van der Waals surface area contributed by atoms with Crippen LogP contribution in [-0.2, 0) is 5.41 Å². The maximum absolute atomic E-state index is 8.82. The fourth-order valence-electron chi connectivity index (χ4n) is 2.04. The van der Waals surface area contributed by atoms with Crippen molar-refractivity contribution < 1.29 is 9.47 Å². The standard InChI is InChI=1S/C18H19NO2/c1-18(2,3)16-11-15(20-4)9-10-17(16)21-14-7-5-13(12-19)6-8-14/h5-11H,1-4H3. The van der Waals surface area contributed by atoms with E-state index in [-0.39, 0.29) is 5.41 Å². The van der Waals surface area contributed by atoms with Crippen LogP contribution >= 0.6 is 0 Å². The van der Waals surface area contributed by atoms with Gasteiger partial charge in [0.2, 0.25) is 0 Å². The van der Waals surface area contributed by atoms with Crippen LogP contribution in [0.1, 0.15) is 31.9 Å². The van der Waals surface area contributed by atoms with Crippen LogP contribution in [0, 0.1) is 11.3 Å². The Hall–Kier alpha value is -2.47. The number of methoxy groups -OCH3 is 1. The largest absolute Gasteiger partial charge is 0.497 e. The molecule has 0 saturated heterocycles. The lowest BCUT2D eigenvalue weighted by Crippen LogP contribution is -2.12. The molecule has 2 rings (SSSR count). The maximum atomic E-state index is 8.82. The van der Waals surface area contributed by atoms with E-state index in [1.54, 1.807) is 31.4 Å². The van der Waals surface area contributed by atoms with Crippen molar-refractivity contribution >= 4 is 0 Å². The molecule has 21 heavy (non-hydrogen) atoms. The van der Waals surface area contributed by atoms with Gasteiger partial charge >= 0.3 is 0 Å². The van der Waals surface area contributed by atoms with E-state index in [0.717, 1.165) is 17.1 Å². The molecule has 0 atom stereocenters. The van der Waals surface area contributed by atoms with Gasteiger partial charge in [-0.05, 0) is 47.9 Å². The van der Waals surface area contributed by atoms with E-state index in [0.29, 0.717) is 11.3 Å². The average molecular weight is 281 g/mol. The molecular formula is C18H19NO2. The third kappa shape index (κ3) is 3.55. The monoisotopic (exact) mass is 281 g/mol. The van der Waals surface area contributed by atoms with E-state index in [9.17, 15) is 0 Å². The van der Waals surface area contributed by atoms with Gasteiger partial charge in [-0.25, -0.2) is 0 Å². The number of benzene rings is 2. The van der Waals surface area contributed by atoms with Gasteiger partial charge in [-0.1, -0.05) is 20.8 Å². The first-order valence-electron chi connectivity index (χ1n) is 6.80. The van der Waals surface area contributed by atoms with Gasteiger partial charge in [0.25, 0.3) is 0 Å². The molecule has 0 fully saturated rings. The average Bonchev–Trinajstić information content (AvgIpc) is 2.47. The first-order chi connectivity index (χ1) is 9.94. The van der Waals surface area contributed by atoms with E-state index in [2.05, 4.69) is 26.8 Å². The third-order valence-electron chi connectivity index (χ3n) is 3.21. The summed E-state index contributed by atoms with van der Waals surface area (Å²) in [5, 5.41) is 8.82. The zero-order chi connectivity index (χ0) is 15.5. The van der Waals surface area contributed by atoms with Crippen molar-refractivity contribution in [2.75, 3.05) is 7.11 Å². The molecule has 0 saturated carbocycles. The lowest BCUT2D eigenvalue weighted by Gasteiger charge is -2.23. The van der Waals surface area contributed by atoms with Crippen LogP contribution in [0.25, 0.3) is 0 Å². The molecular weight excluding hydrogens is 262 g/mol. The summed E-state index contributed by atoms with van der Waals surface area (Å²) in [6.07, 6.45) is 0. The summed E-state index contributed by atoms with van der Waals surface area (Å²) in [6, 6.07) is 15.0. The molecule has 0 N–H and O–H groups in total. The van der Waals surface area contributed by atoms with Crippen LogP contribution in [-0.4, -0.2) is 7.11 Å². The summed E-state index contributed by atoms with van der Waals surface area (Å²) in [4.78, 5) is 0. The minimum Gasteiger partial charge on any atom is -0.497 e. The van der Waals surface area contributed by atoms with Gasteiger partial charge in [0.15, 0.2) is 0 Å². The minimum absolute atomic E-state index is 0.0591. The van der Waals surface area contributed by atoms with Crippen molar-refractivity contribution in [2.24, 2.45) is 0 Å². The predicted octanol–water partition coefficient (Wildman–Crippen LogP) is 4.66. The van der Waals surface area contributed by atoms with Crippen molar-refractivity contribution in [3.63, 3.8) is 0 Å². The maximum Gasteiger partial charge on any atom is 0.131 e. The summed E-state index contributed by atoms with van der Waals surface area (Å²) in [6.45, 7) is 6.40. The van der Waals surface area contributed by atoms with Gasteiger partial charge in [-0.15, -0.1) is 0 Å². The second kappa shape index (κ2) is 5.88. The van der Waals surface area contributed by atoms with Crippen molar-refractivity contribution in [1.82, 2.24) is 0 Å². The van der Waals surface area contributed by atoms with Crippen LogP contribution in [0.2, 0.25) is 0 Å². The molecule has 0 spiro atoms. The quantitative estimate of drug-likeness (QED) is 0.822. The van der Waals surface area contributed by atoms with Crippen molar-refractivity contribution in [1.29, 1.82) is 5.26 Å². The van der Waals surface area contributed by atoms with E-state index in [1.165, 1.54) is 0 Å². The second-order valence-corrected chi connectivity index (χ2v) is 5.85. The molecule has 0 aliphatic heterocycles. The third-order valence-corrected chi connectivity index (χ3v) is 3.21. The van der Waals surface area contributed by atoms with Crippen LogP contribution in [0.15, 0.2) is 42.5 Å². The number of nitrogens with zero attached hydrogens (tertiary/aromatic N) is 1. The van der Waals surface area contributed by atoms with Crippen LogP contribution in [0.3, 0.4) is 0 Å². The Morgan fingerprint density at radius 1 is 0.952 bits per heavy atom. The number of nitriles is 1. The van der Waals surface area contributed by atoms with Crippen molar-refractivity contribution in [3.8, 4) is 23.3 Å². The first-order valence-corrected chi connectivity index (χ1v) is 6.80.